The summed E-state index contributed by atoms with van der Waals surface area (Å²) in [5, 5.41) is 3.01. The molecule has 3 rings (SSSR count). The Morgan fingerprint density at radius 1 is 1.26 bits per heavy atom. The number of benzene rings is 1. The molecule has 0 spiro atoms. The van der Waals surface area contributed by atoms with Crippen molar-refractivity contribution in [2.45, 2.75) is 12.8 Å². The van der Waals surface area contributed by atoms with Crippen LogP contribution in [0.5, 0.6) is 0 Å². The summed E-state index contributed by atoms with van der Waals surface area (Å²) in [6.45, 7) is 2.48. The lowest BCUT2D eigenvalue weighted by atomic mass is 10.00. The number of nitrogens with two attached hydrogens (primary N) is 1. The largest absolute Gasteiger partial charge is 0.398 e. The van der Waals surface area contributed by atoms with Crippen molar-refractivity contribution in [3.05, 3.63) is 23.8 Å². The minimum absolute atomic E-state index is 0. The minimum atomic E-state index is -0.0307. The van der Waals surface area contributed by atoms with Gasteiger partial charge in [0, 0.05) is 31.0 Å². The second kappa shape index (κ2) is 8.38. The fraction of sp³-hybridized carbons (Fsp3) is 0.467. The average Bonchev–Trinajstić information content (AvgIpc) is 2.49. The van der Waals surface area contributed by atoms with Crippen molar-refractivity contribution in [1.82, 2.24) is 10.2 Å². The molecule has 23 heavy (non-hydrogen) atoms. The number of halogens is 2. The number of fused-ring (bicyclic) bond motifs is 1. The van der Waals surface area contributed by atoms with E-state index in [0.717, 1.165) is 36.3 Å². The number of hydrogen-bond acceptors (Lipinski definition) is 4. The van der Waals surface area contributed by atoms with E-state index >= 15 is 0 Å². The van der Waals surface area contributed by atoms with Crippen molar-refractivity contribution >= 4 is 48.0 Å². The van der Waals surface area contributed by atoms with Crippen LogP contribution in [0, 0.1) is 0 Å². The van der Waals surface area contributed by atoms with Gasteiger partial charge in [0.05, 0.1) is 6.54 Å². The molecule has 128 valence electrons. The number of amides is 2. The highest BCUT2D eigenvalue weighted by Gasteiger charge is 2.27. The molecule has 0 unspecified atom stereocenters. The Hall–Kier alpha value is -1.50. The predicted octanol–water partition coefficient (Wildman–Crippen LogP) is 0.823. The highest BCUT2D eigenvalue weighted by Crippen LogP contribution is 2.31. The van der Waals surface area contributed by atoms with Crippen LogP contribution in [0.15, 0.2) is 18.2 Å². The topological polar surface area (TPSA) is 78.7 Å². The molecule has 3 N–H and O–H groups in total. The van der Waals surface area contributed by atoms with Gasteiger partial charge >= 0.3 is 0 Å². The Balaban J connectivity index is 0.00000132. The quantitative estimate of drug-likeness (QED) is 0.765. The standard InChI is InChI=1S/C15H20N4O2.2ClH/c16-12-4-1-5-13-11(12)3-2-7-19(13)15(21)10-18-8-6-17-9-14(18)20;;/h1,4-5,17H,2-3,6-10,16H2;2*1H. The fourth-order valence-electron chi connectivity index (χ4n) is 2.97. The van der Waals surface area contributed by atoms with Crippen molar-refractivity contribution in [3.8, 4) is 0 Å². The van der Waals surface area contributed by atoms with Crippen LogP contribution >= 0.6 is 24.8 Å². The maximum Gasteiger partial charge on any atom is 0.246 e. The molecule has 1 saturated heterocycles. The molecule has 0 aliphatic carbocycles. The average molecular weight is 361 g/mol. The Bertz CT molecular complexity index is 583. The summed E-state index contributed by atoms with van der Waals surface area (Å²) in [5.74, 6) is -0.0452. The number of nitrogens with one attached hydrogen (secondary N) is 1. The molecule has 2 heterocycles. The molecule has 1 aromatic rings. The summed E-state index contributed by atoms with van der Waals surface area (Å²) < 4.78 is 0. The summed E-state index contributed by atoms with van der Waals surface area (Å²) in [5.41, 5.74) is 8.68. The van der Waals surface area contributed by atoms with Crippen LogP contribution in [-0.2, 0) is 16.0 Å². The number of carbonyl (C=O) groups excluding carboxylic acids is 2. The second-order valence-corrected chi connectivity index (χ2v) is 5.49. The number of nitrogens with zero attached hydrogens (tertiary/aromatic N) is 2. The zero-order valence-corrected chi connectivity index (χ0v) is 14.4. The van der Waals surface area contributed by atoms with Gasteiger partial charge in [-0.1, -0.05) is 6.07 Å². The molecule has 0 radical (unpaired) electrons. The Morgan fingerprint density at radius 3 is 2.78 bits per heavy atom. The summed E-state index contributed by atoms with van der Waals surface area (Å²) >= 11 is 0. The van der Waals surface area contributed by atoms with Gasteiger partial charge in [0.1, 0.15) is 6.54 Å². The molecule has 2 amide bonds. The Morgan fingerprint density at radius 2 is 2.04 bits per heavy atom. The smallest absolute Gasteiger partial charge is 0.246 e. The lowest BCUT2D eigenvalue weighted by Crippen LogP contribution is -2.52. The van der Waals surface area contributed by atoms with Gasteiger partial charge in [0.25, 0.3) is 0 Å². The monoisotopic (exact) mass is 360 g/mol. The second-order valence-electron chi connectivity index (χ2n) is 5.49. The molecular formula is C15H22Cl2N4O2. The van der Waals surface area contributed by atoms with E-state index in [2.05, 4.69) is 5.32 Å². The fourth-order valence-corrected chi connectivity index (χ4v) is 2.97. The molecule has 2 aliphatic rings. The van der Waals surface area contributed by atoms with Crippen molar-refractivity contribution in [1.29, 1.82) is 0 Å². The Labute approximate surface area is 148 Å². The van der Waals surface area contributed by atoms with Crippen molar-refractivity contribution in [2.24, 2.45) is 0 Å². The summed E-state index contributed by atoms with van der Waals surface area (Å²) in [4.78, 5) is 27.7. The van der Waals surface area contributed by atoms with Crippen molar-refractivity contribution < 1.29 is 9.59 Å². The summed E-state index contributed by atoms with van der Waals surface area (Å²) in [7, 11) is 0. The highest BCUT2D eigenvalue weighted by atomic mass is 35.5. The third-order valence-electron chi connectivity index (χ3n) is 4.10. The number of carbonyl (C=O) groups is 2. The predicted molar refractivity (Wildman–Crippen MR) is 95.5 cm³/mol. The molecule has 1 aromatic carbocycles. The van der Waals surface area contributed by atoms with E-state index < -0.39 is 0 Å². The molecule has 0 atom stereocenters. The SMILES string of the molecule is Cl.Cl.Nc1cccc2c1CCCN2C(=O)CN1CCNCC1=O. The van der Waals surface area contributed by atoms with Crippen molar-refractivity contribution in [3.63, 3.8) is 0 Å². The van der Waals surface area contributed by atoms with E-state index in [1.807, 2.05) is 18.2 Å². The number of rotatable bonds is 2. The molecule has 8 heteroatoms. The maximum atomic E-state index is 12.6. The number of piperazine rings is 1. The van der Waals surface area contributed by atoms with E-state index in [0.29, 0.717) is 19.6 Å². The van der Waals surface area contributed by atoms with Crippen LogP contribution in [0.2, 0.25) is 0 Å². The molecule has 1 fully saturated rings. The van der Waals surface area contributed by atoms with Gasteiger partial charge < -0.3 is 20.9 Å². The first-order valence-electron chi connectivity index (χ1n) is 7.33. The highest BCUT2D eigenvalue weighted by molar-refractivity contribution is 5.98. The molecule has 0 aromatic heterocycles. The number of hydrogen-bond donors (Lipinski definition) is 2. The van der Waals surface area contributed by atoms with Crippen LogP contribution in [0.3, 0.4) is 0 Å². The first kappa shape index (κ1) is 19.5. The van der Waals surface area contributed by atoms with E-state index in [4.69, 9.17) is 5.73 Å². The van der Waals surface area contributed by atoms with Gasteiger partial charge in [-0.15, -0.1) is 24.8 Å². The lowest BCUT2D eigenvalue weighted by molar-refractivity contribution is -0.136. The Kier molecular flexibility index (Phi) is 7.12. The first-order valence-corrected chi connectivity index (χ1v) is 7.33. The minimum Gasteiger partial charge on any atom is -0.398 e. The molecular weight excluding hydrogens is 339 g/mol. The van der Waals surface area contributed by atoms with Crippen LogP contribution in [0.4, 0.5) is 11.4 Å². The summed E-state index contributed by atoms with van der Waals surface area (Å²) in [6.07, 6.45) is 1.81. The normalized spacial score (nSPS) is 17.0. The zero-order chi connectivity index (χ0) is 14.8. The first-order chi connectivity index (χ1) is 10.2. The van der Waals surface area contributed by atoms with Gasteiger partial charge in [0.15, 0.2) is 0 Å². The molecule has 0 saturated carbocycles. The van der Waals surface area contributed by atoms with Crippen molar-refractivity contribution in [2.75, 3.05) is 43.4 Å². The van der Waals surface area contributed by atoms with Crippen LogP contribution < -0.4 is 16.0 Å². The lowest BCUT2D eigenvalue weighted by Gasteiger charge is -2.33. The summed E-state index contributed by atoms with van der Waals surface area (Å²) in [6, 6.07) is 5.67. The third kappa shape index (κ3) is 4.07. The van der Waals surface area contributed by atoms with Gasteiger partial charge in [-0.05, 0) is 30.5 Å². The third-order valence-corrected chi connectivity index (χ3v) is 4.10. The van der Waals surface area contributed by atoms with Gasteiger partial charge in [-0.2, -0.15) is 0 Å². The van der Waals surface area contributed by atoms with Gasteiger partial charge in [-0.3, -0.25) is 9.59 Å². The van der Waals surface area contributed by atoms with Crippen LogP contribution in [0.1, 0.15) is 12.0 Å². The van der Waals surface area contributed by atoms with E-state index in [-0.39, 0.29) is 43.2 Å². The molecule has 2 aliphatic heterocycles. The number of anilines is 2. The van der Waals surface area contributed by atoms with Crippen LogP contribution in [-0.4, -0.2) is 49.4 Å². The molecule has 6 nitrogen and oxygen atoms in total. The molecule has 0 bridgehead atoms. The van der Waals surface area contributed by atoms with Gasteiger partial charge in [0.2, 0.25) is 11.8 Å². The number of nitrogen functional groups attached to an aromatic ring is 1. The zero-order valence-electron chi connectivity index (χ0n) is 12.8. The van der Waals surface area contributed by atoms with E-state index in [9.17, 15) is 9.59 Å². The van der Waals surface area contributed by atoms with Crippen LogP contribution in [0.25, 0.3) is 0 Å². The van der Waals surface area contributed by atoms with E-state index in [1.54, 1.807) is 9.80 Å². The maximum absolute atomic E-state index is 12.6. The van der Waals surface area contributed by atoms with Gasteiger partial charge in [-0.25, -0.2) is 0 Å². The van der Waals surface area contributed by atoms with E-state index in [1.165, 1.54) is 0 Å².